The molecular formula is C23H20ClN5O5. The van der Waals surface area contributed by atoms with E-state index in [1.807, 2.05) is 30.3 Å². The van der Waals surface area contributed by atoms with Crippen molar-refractivity contribution in [1.29, 1.82) is 0 Å². The van der Waals surface area contributed by atoms with Gasteiger partial charge in [-0.1, -0.05) is 54.1 Å². The maximum Gasteiger partial charge on any atom is 0.414 e. The summed E-state index contributed by atoms with van der Waals surface area (Å²) in [7, 11) is 1.56. The Morgan fingerprint density at radius 1 is 1.09 bits per heavy atom. The first-order chi connectivity index (χ1) is 16.4. The Bertz CT molecular complexity index is 1310. The molecule has 0 aliphatic rings. The van der Waals surface area contributed by atoms with Crippen molar-refractivity contribution in [3.63, 3.8) is 0 Å². The number of aliphatic carboxylic acids is 1. The highest BCUT2D eigenvalue weighted by atomic mass is 35.5. The van der Waals surface area contributed by atoms with E-state index >= 15 is 0 Å². The fourth-order valence-corrected chi connectivity index (χ4v) is 3.52. The summed E-state index contributed by atoms with van der Waals surface area (Å²) in [6.07, 6.45) is 0.755. The summed E-state index contributed by atoms with van der Waals surface area (Å²) >= 11 is 6.23. The Morgan fingerprint density at radius 2 is 1.82 bits per heavy atom. The van der Waals surface area contributed by atoms with E-state index < -0.39 is 18.1 Å². The lowest BCUT2D eigenvalue weighted by molar-refractivity contribution is -0.140. The Labute approximate surface area is 199 Å². The predicted molar refractivity (Wildman–Crippen MR) is 124 cm³/mol. The Kier molecular flexibility index (Phi) is 6.88. The van der Waals surface area contributed by atoms with Crippen LogP contribution >= 0.6 is 11.6 Å². The minimum Gasteiger partial charge on any atom is -0.497 e. The van der Waals surface area contributed by atoms with Gasteiger partial charge in [-0.2, -0.15) is 9.97 Å². The molecule has 1 atom stereocenters. The van der Waals surface area contributed by atoms with Crippen LogP contribution in [0.3, 0.4) is 0 Å². The number of carboxylic acid groups (broad SMARTS) is 1. The van der Waals surface area contributed by atoms with Gasteiger partial charge in [0.05, 0.1) is 13.4 Å². The number of rotatable bonds is 8. The number of hydrogen-bond acceptors (Lipinski definition) is 7. The molecule has 0 fully saturated rings. The second kappa shape index (κ2) is 10.2. The van der Waals surface area contributed by atoms with Crippen LogP contribution in [-0.2, 0) is 22.6 Å². The number of carbonyl (C=O) groups excluding carboxylic acids is 1. The molecule has 2 aromatic heterocycles. The van der Waals surface area contributed by atoms with Gasteiger partial charge >= 0.3 is 12.1 Å². The quantitative estimate of drug-likeness (QED) is 0.360. The number of hydrogen-bond donors (Lipinski definition) is 2. The second-order valence-electron chi connectivity index (χ2n) is 7.26. The molecular weight excluding hydrogens is 462 g/mol. The average Bonchev–Trinajstić information content (AvgIpc) is 3.26. The molecule has 0 saturated heterocycles. The maximum absolute atomic E-state index is 12.3. The van der Waals surface area contributed by atoms with Gasteiger partial charge in [-0.05, 0) is 23.3 Å². The number of ether oxygens (including phenoxy) is 2. The Balaban J connectivity index is 1.53. The molecule has 0 bridgehead atoms. The predicted octanol–water partition coefficient (Wildman–Crippen LogP) is 4.11. The van der Waals surface area contributed by atoms with Gasteiger partial charge < -0.3 is 19.1 Å². The molecule has 174 valence electrons. The van der Waals surface area contributed by atoms with Crippen molar-refractivity contribution in [2.24, 2.45) is 0 Å². The number of nitrogens with one attached hydrogen (secondary N) is 1. The van der Waals surface area contributed by atoms with Gasteiger partial charge in [-0.25, -0.2) is 14.6 Å². The monoisotopic (exact) mass is 481 g/mol. The van der Waals surface area contributed by atoms with Crippen LogP contribution in [0.15, 0.2) is 60.9 Å². The molecule has 2 aromatic carbocycles. The number of nitrogens with zero attached hydrogens (tertiary/aromatic N) is 4. The molecule has 0 aliphatic carbocycles. The first-order valence-electron chi connectivity index (χ1n) is 10.2. The number of methoxy groups -OCH3 is 1. The largest absolute Gasteiger partial charge is 0.497 e. The van der Waals surface area contributed by atoms with Crippen LogP contribution in [0.2, 0.25) is 5.15 Å². The normalized spacial score (nSPS) is 11.7. The number of amides is 1. The summed E-state index contributed by atoms with van der Waals surface area (Å²) in [6.45, 7) is 0.0158. The van der Waals surface area contributed by atoms with Crippen molar-refractivity contribution in [3.8, 4) is 5.75 Å². The summed E-state index contributed by atoms with van der Waals surface area (Å²) in [6, 6.07) is 15.2. The molecule has 0 radical (unpaired) electrons. The number of halogens is 1. The summed E-state index contributed by atoms with van der Waals surface area (Å²) in [5, 5.41) is 12.2. The van der Waals surface area contributed by atoms with Gasteiger partial charge in [0, 0.05) is 6.42 Å². The third-order valence-corrected chi connectivity index (χ3v) is 5.28. The number of imidazole rings is 1. The molecule has 2 heterocycles. The number of anilines is 1. The van der Waals surface area contributed by atoms with E-state index in [1.165, 1.54) is 10.9 Å². The fourth-order valence-electron chi connectivity index (χ4n) is 3.31. The number of carboxylic acids is 1. The number of carbonyl (C=O) groups is 2. The van der Waals surface area contributed by atoms with E-state index in [0.717, 1.165) is 11.1 Å². The van der Waals surface area contributed by atoms with Gasteiger partial charge in [-0.15, -0.1) is 0 Å². The van der Waals surface area contributed by atoms with E-state index in [0.29, 0.717) is 5.75 Å². The minimum atomic E-state index is -1.06. The molecule has 34 heavy (non-hydrogen) atoms. The van der Waals surface area contributed by atoms with Crippen LogP contribution in [-0.4, -0.2) is 43.8 Å². The summed E-state index contributed by atoms with van der Waals surface area (Å²) in [4.78, 5) is 36.8. The summed E-state index contributed by atoms with van der Waals surface area (Å²) in [5.74, 6) is -0.512. The zero-order valence-electron chi connectivity index (χ0n) is 18.0. The third kappa shape index (κ3) is 5.24. The van der Waals surface area contributed by atoms with Gasteiger partial charge in [0.15, 0.2) is 10.8 Å². The third-order valence-electron chi connectivity index (χ3n) is 5.01. The van der Waals surface area contributed by atoms with Crippen LogP contribution < -0.4 is 10.1 Å². The maximum atomic E-state index is 12.3. The van der Waals surface area contributed by atoms with Crippen molar-refractivity contribution < 1.29 is 24.2 Å². The topological polar surface area (TPSA) is 128 Å². The van der Waals surface area contributed by atoms with E-state index in [4.69, 9.17) is 21.1 Å². The first-order valence-corrected chi connectivity index (χ1v) is 10.6. The molecule has 4 rings (SSSR count). The van der Waals surface area contributed by atoms with Crippen molar-refractivity contribution in [3.05, 3.63) is 77.2 Å². The Morgan fingerprint density at radius 3 is 2.50 bits per heavy atom. The van der Waals surface area contributed by atoms with Gasteiger partial charge in [0.25, 0.3) is 0 Å². The van der Waals surface area contributed by atoms with Gasteiger partial charge in [0.1, 0.15) is 23.9 Å². The highest BCUT2D eigenvalue weighted by Gasteiger charge is 2.24. The van der Waals surface area contributed by atoms with Crippen molar-refractivity contribution >= 4 is 40.8 Å². The van der Waals surface area contributed by atoms with Crippen LogP contribution in [0.1, 0.15) is 17.2 Å². The minimum absolute atomic E-state index is 0.0158. The molecule has 1 unspecified atom stereocenters. The van der Waals surface area contributed by atoms with E-state index in [9.17, 15) is 14.7 Å². The standard InChI is InChI=1S/C23H20ClN5O5/c1-33-16-9-7-15(8-10-16)12-34-23(32)28-22-26-19(24)18-20(27-22)29(13-25-18)17(21(30)31)11-14-5-3-2-4-6-14/h2-10,13,17H,11-12H2,1H3,(H,30,31)(H,26,27,28,32). The molecule has 0 aliphatic heterocycles. The highest BCUT2D eigenvalue weighted by Crippen LogP contribution is 2.25. The second-order valence-corrected chi connectivity index (χ2v) is 7.61. The van der Waals surface area contributed by atoms with Crippen molar-refractivity contribution in [1.82, 2.24) is 19.5 Å². The first kappa shape index (κ1) is 23.0. The van der Waals surface area contributed by atoms with Crippen LogP contribution in [0, 0.1) is 0 Å². The van der Waals surface area contributed by atoms with Gasteiger partial charge in [-0.3, -0.25) is 5.32 Å². The molecule has 11 heteroatoms. The fraction of sp³-hybridized carbons (Fsp3) is 0.174. The lowest BCUT2D eigenvalue weighted by Crippen LogP contribution is -2.21. The molecule has 2 N–H and O–H groups in total. The molecule has 1 amide bonds. The van der Waals surface area contributed by atoms with Crippen LogP contribution in [0.25, 0.3) is 11.2 Å². The van der Waals surface area contributed by atoms with E-state index in [-0.39, 0.29) is 35.3 Å². The zero-order valence-corrected chi connectivity index (χ0v) is 18.8. The SMILES string of the molecule is COc1ccc(COC(=O)Nc2nc(Cl)c3ncn(C(Cc4ccccc4)C(=O)O)c3n2)cc1. The van der Waals surface area contributed by atoms with Crippen LogP contribution in [0.5, 0.6) is 5.75 Å². The number of aromatic nitrogens is 4. The number of benzene rings is 2. The summed E-state index contributed by atoms with van der Waals surface area (Å²) in [5.41, 5.74) is 1.98. The van der Waals surface area contributed by atoms with E-state index in [2.05, 4.69) is 20.3 Å². The van der Waals surface area contributed by atoms with Crippen molar-refractivity contribution in [2.75, 3.05) is 12.4 Å². The molecule has 4 aromatic rings. The number of fused-ring (bicyclic) bond motifs is 1. The average molecular weight is 482 g/mol. The lowest BCUT2D eigenvalue weighted by Gasteiger charge is -2.15. The molecule has 10 nitrogen and oxygen atoms in total. The van der Waals surface area contributed by atoms with Crippen LogP contribution in [0.4, 0.5) is 10.7 Å². The van der Waals surface area contributed by atoms with E-state index in [1.54, 1.807) is 31.4 Å². The van der Waals surface area contributed by atoms with Crippen molar-refractivity contribution in [2.45, 2.75) is 19.1 Å². The zero-order chi connectivity index (χ0) is 24.1. The lowest BCUT2D eigenvalue weighted by atomic mass is 10.1. The molecule has 0 spiro atoms. The Hall–Kier alpha value is -4.18. The molecule has 0 saturated carbocycles. The highest BCUT2D eigenvalue weighted by molar-refractivity contribution is 6.33. The summed E-state index contributed by atoms with van der Waals surface area (Å²) < 4.78 is 11.7. The smallest absolute Gasteiger partial charge is 0.414 e. The van der Waals surface area contributed by atoms with Gasteiger partial charge in [0.2, 0.25) is 5.95 Å².